The topological polar surface area (TPSA) is 0 Å². The molecule has 0 aliphatic heterocycles. The van der Waals surface area contributed by atoms with Gasteiger partial charge in [0.25, 0.3) is 0 Å². The summed E-state index contributed by atoms with van der Waals surface area (Å²) in [6.45, 7) is 7.93. The van der Waals surface area contributed by atoms with Gasteiger partial charge in [0.2, 0.25) is 0 Å². The van der Waals surface area contributed by atoms with Crippen LogP contribution in [0.4, 0.5) is 0 Å². The van der Waals surface area contributed by atoms with Gasteiger partial charge in [-0.15, -0.1) is 0 Å². The fraction of sp³-hybridized carbons (Fsp3) is 0.400. The molecule has 0 aromatic rings. The van der Waals surface area contributed by atoms with Crippen molar-refractivity contribution in [2.45, 2.75) is 26.7 Å². The second-order valence-electron chi connectivity index (χ2n) is 2.14. The molecule has 0 spiro atoms. The highest BCUT2D eigenvalue weighted by atomic mass is 13.9. The Hall–Kier alpha value is -0.780. The number of allylic oxidation sites excluding steroid dienone is 5. The maximum absolute atomic E-state index is 3.65. The fourth-order valence-corrected chi connectivity index (χ4v) is 0.712. The van der Waals surface area contributed by atoms with Crippen LogP contribution in [0.15, 0.2) is 36.5 Å². The molecule has 0 rings (SSSR count). The Kier molecular flexibility index (Phi) is 5.85. The van der Waals surface area contributed by atoms with E-state index < -0.39 is 0 Å². The third-order valence-corrected chi connectivity index (χ3v) is 1.31. The first-order valence-electron chi connectivity index (χ1n) is 3.83. The van der Waals surface area contributed by atoms with E-state index in [9.17, 15) is 0 Å². The maximum atomic E-state index is 3.65. The van der Waals surface area contributed by atoms with Crippen molar-refractivity contribution in [2.24, 2.45) is 0 Å². The van der Waals surface area contributed by atoms with Crippen LogP contribution in [0.1, 0.15) is 26.7 Å². The highest BCUT2D eigenvalue weighted by Gasteiger charge is 1.82. The summed E-state index contributed by atoms with van der Waals surface area (Å²) in [5.74, 6) is 0. The molecule has 0 saturated carbocycles. The Labute approximate surface area is 64.0 Å². The van der Waals surface area contributed by atoms with Gasteiger partial charge >= 0.3 is 0 Å². The number of rotatable bonds is 4. The van der Waals surface area contributed by atoms with Crippen molar-refractivity contribution < 1.29 is 0 Å². The van der Waals surface area contributed by atoms with E-state index in [4.69, 9.17) is 0 Å². The molecule has 56 valence electrons. The van der Waals surface area contributed by atoms with Gasteiger partial charge in [0.05, 0.1) is 0 Å². The summed E-state index contributed by atoms with van der Waals surface area (Å²) in [5.41, 5.74) is 1.34. The van der Waals surface area contributed by atoms with Crippen LogP contribution in [0.2, 0.25) is 0 Å². The van der Waals surface area contributed by atoms with Crippen molar-refractivity contribution in [3.63, 3.8) is 0 Å². The van der Waals surface area contributed by atoms with Crippen LogP contribution in [0.3, 0.4) is 0 Å². The summed E-state index contributed by atoms with van der Waals surface area (Å²) in [6, 6.07) is 0. The molecule has 0 bridgehead atoms. The summed E-state index contributed by atoms with van der Waals surface area (Å²) in [4.78, 5) is 0. The molecule has 0 fully saturated rings. The standard InChI is InChI=1S/C10H16/c1-4-7-9-10(6-3)8-5-2/h5,7-9H,2,4,6H2,1,3H3/b9-7-,10-8-. The molecular formula is C10H16. The van der Waals surface area contributed by atoms with Gasteiger partial charge in [0, 0.05) is 0 Å². The second kappa shape index (κ2) is 6.34. The quantitative estimate of drug-likeness (QED) is 0.519. The van der Waals surface area contributed by atoms with E-state index >= 15 is 0 Å². The molecule has 0 saturated heterocycles. The lowest BCUT2D eigenvalue weighted by Crippen LogP contribution is -1.71. The van der Waals surface area contributed by atoms with Crippen molar-refractivity contribution in [1.29, 1.82) is 0 Å². The molecule has 0 amide bonds. The van der Waals surface area contributed by atoms with Crippen LogP contribution in [-0.2, 0) is 0 Å². The summed E-state index contributed by atoms with van der Waals surface area (Å²) >= 11 is 0. The summed E-state index contributed by atoms with van der Waals surface area (Å²) in [5, 5.41) is 0. The lowest BCUT2D eigenvalue weighted by atomic mass is 10.1. The Morgan fingerprint density at radius 3 is 2.50 bits per heavy atom. The van der Waals surface area contributed by atoms with E-state index in [-0.39, 0.29) is 0 Å². The van der Waals surface area contributed by atoms with Crippen molar-refractivity contribution >= 4 is 0 Å². The predicted molar refractivity (Wildman–Crippen MR) is 48.0 cm³/mol. The average Bonchev–Trinajstić information content (AvgIpc) is 1.98. The van der Waals surface area contributed by atoms with E-state index in [1.807, 2.05) is 12.2 Å². The van der Waals surface area contributed by atoms with E-state index in [1.165, 1.54) is 5.57 Å². The average molecular weight is 136 g/mol. The number of hydrogen-bond donors (Lipinski definition) is 0. The zero-order valence-electron chi connectivity index (χ0n) is 6.93. The normalized spacial score (nSPS) is 12.4. The first kappa shape index (κ1) is 9.22. The first-order chi connectivity index (χ1) is 4.85. The van der Waals surface area contributed by atoms with E-state index in [0.29, 0.717) is 0 Å². The SMILES string of the molecule is C=C/C=C(\C=C/CC)CC. The van der Waals surface area contributed by atoms with Gasteiger partial charge in [0.15, 0.2) is 0 Å². The highest BCUT2D eigenvalue weighted by Crippen LogP contribution is 2.02. The molecule has 0 atom stereocenters. The smallest absolute Gasteiger partial charge is 0.0308 e. The molecule has 0 aromatic heterocycles. The minimum Gasteiger partial charge on any atom is -0.0991 e. The minimum absolute atomic E-state index is 1.09. The molecule has 0 heterocycles. The highest BCUT2D eigenvalue weighted by molar-refractivity contribution is 5.22. The van der Waals surface area contributed by atoms with Gasteiger partial charge in [-0.1, -0.05) is 44.7 Å². The van der Waals surface area contributed by atoms with E-state index in [1.54, 1.807) is 0 Å². The maximum Gasteiger partial charge on any atom is -0.0308 e. The molecule has 0 unspecified atom stereocenters. The van der Waals surface area contributed by atoms with E-state index in [2.05, 4.69) is 32.6 Å². The van der Waals surface area contributed by atoms with Crippen LogP contribution in [0.5, 0.6) is 0 Å². The number of hydrogen-bond acceptors (Lipinski definition) is 0. The largest absolute Gasteiger partial charge is 0.0991 e. The predicted octanol–water partition coefficient (Wildman–Crippen LogP) is 3.48. The van der Waals surface area contributed by atoms with E-state index in [0.717, 1.165) is 12.8 Å². The summed E-state index contributed by atoms with van der Waals surface area (Å²) < 4.78 is 0. The summed E-state index contributed by atoms with van der Waals surface area (Å²) in [6.07, 6.45) is 10.4. The molecule has 0 radical (unpaired) electrons. The van der Waals surface area contributed by atoms with Crippen LogP contribution in [-0.4, -0.2) is 0 Å². The van der Waals surface area contributed by atoms with Crippen molar-refractivity contribution in [2.75, 3.05) is 0 Å². The second-order valence-corrected chi connectivity index (χ2v) is 2.14. The molecule has 10 heavy (non-hydrogen) atoms. The monoisotopic (exact) mass is 136 g/mol. The molecule has 0 aliphatic rings. The Morgan fingerprint density at radius 1 is 1.40 bits per heavy atom. The zero-order chi connectivity index (χ0) is 7.82. The van der Waals surface area contributed by atoms with Gasteiger partial charge in [-0.3, -0.25) is 0 Å². The Morgan fingerprint density at radius 2 is 2.10 bits per heavy atom. The van der Waals surface area contributed by atoms with Gasteiger partial charge in [-0.05, 0) is 18.4 Å². The van der Waals surface area contributed by atoms with Crippen LogP contribution in [0.25, 0.3) is 0 Å². The molecule has 0 N–H and O–H groups in total. The van der Waals surface area contributed by atoms with Crippen molar-refractivity contribution in [1.82, 2.24) is 0 Å². The van der Waals surface area contributed by atoms with Crippen LogP contribution < -0.4 is 0 Å². The Bertz CT molecular complexity index is 138. The minimum atomic E-state index is 1.09. The van der Waals surface area contributed by atoms with Gasteiger partial charge in [-0.25, -0.2) is 0 Å². The lowest BCUT2D eigenvalue weighted by Gasteiger charge is -1.92. The molecule has 0 aromatic carbocycles. The van der Waals surface area contributed by atoms with Crippen LogP contribution >= 0.6 is 0 Å². The summed E-state index contributed by atoms with van der Waals surface area (Å²) in [7, 11) is 0. The zero-order valence-corrected chi connectivity index (χ0v) is 6.93. The van der Waals surface area contributed by atoms with Crippen molar-refractivity contribution in [3.8, 4) is 0 Å². The third kappa shape index (κ3) is 4.13. The third-order valence-electron chi connectivity index (χ3n) is 1.31. The Balaban J connectivity index is 3.94. The molecular weight excluding hydrogens is 120 g/mol. The van der Waals surface area contributed by atoms with Gasteiger partial charge < -0.3 is 0 Å². The van der Waals surface area contributed by atoms with Gasteiger partial charge in [-0.2, -0.15) is 0 Å². The first-order valence-corrected chi connectivity index (χ1v) is 3.83. The fourth-order valence-electron chi connectivity index (χ4n) is 0.712. The molecule has 0 heteroatoms. The van der Waals surface area contributed by atoms with Crippen molar-refractivity contribution in [3.05, 3.63) is 36.5 Å². The molecule has 0 nitrogen and oxygen atoms in total. The lowest BCUT2D eigenvalue weighted by molar-refractivity contribution is 1.13. The molecule has 0 aliphatic carbocycles. The van der Waals surface area contributed by atoms with Crippen LogP contribution in [0, 0.1) is 0 Å². The van der Waals surface area contributed by atoms with Gasteiger partial charge in [0.1, 0.15) is 0 Å².